The third-order valence-electron chi connectivity index (χ3n) is 3.23. The Hall–Kier alpha value is -2.10. The quantitative estimate of drug-likeness (QED) is 0.837. The highest BCUT2D eigenvalue weighted by atomic mass is 16.5. The summed E-state index contributed by atoms with van der Waals surface area (Å²) >= 11 is 0. The van der Waals surface area contributed by atoms with E-state index in [9.17, 15) is 0 Å². The van der Waals surface area contributed by atoms with Gasteiger partial charge in [0, 0.05) is 17.7 Å². The fraction of sp³-hybridized carbons (Fsp3) is 0.412. The van der Waals surface area contributed by atoms with E-state index >= 15 is 0 Å². The average molecular weight is 285 g/mol. The molecule has 4 nitrogen and oxygen atoms in total. The number of benzene rings is 1. The number of rotatable bonds is 7. The summed E-state index contributed by atoms with van der Waals surface area (Å²) in [6, 6.07) is 8.05. The van der Waals surface area contributed by atoms with Gasteiger partial charge in [0.15, 0.2) is 0 Å². The van der Waals surface area contributed by atoms with Crippen molar-refractivity contribution in [3.63, 3.8) is 0 Å². The van der Waals surface area contributed by atoms with Crippen LogP contribution >= 0.6 is 0 Å². The van der Waals surface area contributed by atoms with Gasteiger partial charge in [0.25, 0.3) is 0 Å². The Kier molecular flexibility index (Phi) is 5.55. The monoisotopic (exact) mass is 285 g/mol. The predicted molar refractivity (Wildman–Crippen MR) is 86.8 cm³/mol. The molecule has 0 unspecified atom stereocenters. The zero-order valence-corrected chi connectivity index (χ0v) is 13.0. The predicted octanol–water partition coefficient (Wildman–Crippen LogP) is 3.93. The maximum atomic E-state index is 5.74. The second-order valence-corrected chi connectivity index (χ2v) is 4.76. The second kappa shape index (κ2) is 7.62. The van der Waals surface area contributed by atoms with Crippen LogP contribution < -0.4 is 10.1 Å². The van der Waals surface area contributed by atoms with Crippen molar-refractivity contribution >= 4 is 5.82 Å². The average Bonchev–Trinajstić information content (AvgIpc) is 2.50. The molecule has 21 heavy (non-hydrogen) atoms. The van der Waals surface area contributed by atoms with E-state index in [2.05, 4.69) is 35.2 Å². The maximum absolute atomic E-state index is 5.74. The summed E-state index contributed by atoms with van der Waals surface area (Å²) in [5, 5.41) is 3.33. The third-order valence-corrected chi connectivity index (χ3v) is 3.23. The Balaban J connectivity index is 2.54. The number of nitrogens with zero attached hydrogens (tertiary/aromatic N) is 2. The smallest absolute Gasteiger partial charge is 0.133 e. The van der Waals surface area contributed by atoms with Gasteiger partial charge in [0.05, 0.1) is 12.3 Å². The van der Waals surface area contributed by atoms with Crippen LogP contribution in [0.5, 0.6) is 5.75 Å². The number of aromatic nitrogens is 2. The van der Waals surface area contributed by atoms with Crippen LogP contribution in [0.2, 0.25) is 0 Å². The van der Waals surface area contributed by atoms with Crippen molar-refractivity contribution in [2.75, 3.05) is 18.5 Å². The van der Waals surface area contributed by atoms with Crippen LogP contribution in [0.1, 0.15) is 32.8 Å². The topological polar surface area (TPSA) is 47.0 Å². The molecule has 0 fully saturated rings. The number of para-hydroxylation sites is 1. The molecule has 0 saturated heterocycles. The number of anilines is 1. The Bertz CT molecular complexity index is 584. The molecule has 112 valence electrons. The minimum absolute atomic E-state index is 0.644. The first-order chi connectivity index (χ1) is 10.3. The Morgan fingerprint density at radius 3 is 2.62 bits per heavy atom. The van der Waals surface area contributed by atoms with Gasteiger partial charge in [-0.3, -0.25) is 0 Å². The molecule has 0 aliphatic rings. The molecule has 0 amide bonds. The minimum atomic E-state index is 0.644. The molecule has 0 radical (unpaired) electrons. The van der Waals surface area contributed by atoms with Gasteiger partial charge in [-0.15, -0.1) is 0 Å². The molecule has 0 saturated carbocycles. The molecule has 4 heteroatoms. The van der Waals surface area contributed by atoms with E-state index in [0.29, 0.717) is 6.61 Å². The molecular formula is C17H23N3O. The summed E-state index contributed by atoms with van der Waals surface area (Å²) in [6.45, 7) is 7.73. The SMILES string of the molecule is CCCc1c(NCC)ncnc1-c1ccccc1OCC. The molecule has 2 rings (SSSR count). The van der Waals surface area contributed by atoms with Crippen molar-refractivity contribution in [1.82, 2.24) is 9.97 Å². The summed E-state index contributed by atoms with van der Waals surface area (Å²) in [7, 11) is 0. The molecule has 1 aromatic carbocycles. The lowest BCUT2D eigenvalue weighted by Crippen LogP contribution is -2.07. The van der Waals surface area contributed by atoms with E-state index in [4.69, 9.17) is 4.74 Å². The largest absolute Gasteiger partial charge is 0.493 e. The molecule has 0 bridgehead atoms. The summed E-state index contributed by atoms with van der Waals surface area (Å²) < 4.78 is 5.74. The summed E-state index contributed by atoms with van der Waals surface area (Å²) in [5.74, 6) is 1.80. The van der Waals surface area contributed by atoms with E-state index in [1.807, 2.05) is 25.1 Å². The zero-order chi connectivity index (χ0) is 15.1. The van der Waals surface area contributed by atoms with E-state index in [1.165, 1.54) is 0 Å². The van der Waals surface area contributed by atoms with Crippen LogP contribution in [0, 0.1) is 0 Å². The van der Waals surface area contributed by atoms with E-state index in [1.54, 1.807) is 6.33 Å². The van der Waals surface area contributed by atoms with Crippen LogP contribution in [-0.4, -0.2) is 23.1 Å². The summed E-state index contributed by atoms with van der Waals surface area (Å²) in [4.78, 5) is 8.91. The first-order valence-corrected chi connectivity index (χ1v) is 7.61. The molecule has 1 N–H and O–H groups in total. The lowest BCUT2D eigenvalue weighted by Gasteiger charge is -2.15. The molecule has 1 heterocycles. The molecule has 0 aliphatic heterocycles. The van der Waals surface area contributed by atoms with Crippen molar-refractivity contribution in [3.05, 3.63) is 36.2 Å². The number of nitrogens with one attached hydrogen (secondary N) is 1. The van der Waals surface area contributed by atoms with Crippen molar-refractivity contribution < 1.29 is 4.74 Å². The lowest BCUT2D eigenvalue weighted by atomic mass is 10.0. The van der Waals surface area contributed by atoms with Gasteiger partial charge in [0.2, 0.25) is 0 Å². The second-order valence-electron chi connectivity index (χ2n) is 4.76. The molecule has 1 aromatic heterocycles. The fourth-order valence-corrected chi connectivity index (χ4v) is 2.39. The molecular weight excluding hydrogens is 262 g/mol. The normalized spacial score (nSPS) is 10.4. The fourth-order valence-electron chi connectivity index (χ4n) is 2.39. The van der Waals surface area contributed by atoms with Gasteiger partial charge >= 0.3 is 0 Å². The lowest BCUT2D eigenvalue weighted by molar-refractivity contribution is 0.341. The number of ether oxygens (including phenoxy) is 1. The zero-order valence-electron chi connectivity index (χ0n) is 13.0. The maximum Gasteiger partial charge on any atom is 0.133 e. The number of hydrogen-bond acceptors (Lipinski definition) is 4. The highest BCUT2D eigenvalue weighted by Crippen LogP contribution is 2.33. The van der Waals surface area contributed by atoms with Gasteiger partial charge in [-0.2, -0.15) is 0 Å². The van der Waals surface area contributed by atoms with Crippen LogP contribution in [0.15, 0.2) is 30.6 Å². The van der Waals surface area contributed by atoms with Crippen LogP contribution in [0.3, 0.4) is 0 Å². The van der Waals surface area contributed by atoms with Gasteiger partial charge in [-0.25, -0.2) is 9.97 Å². The summed E-state index contributed by atoms with van der Waals surface area (Å²) in [6.07, 6.45) is 3.61. The first kappa shape index (κ1) is 15.3. The van der Waals surface area contributed by atoms with Crippen molar-refractivity contribution in [3.8, 4) is 17.0 Å². The van der Waals surface area contributed by atoms with E-state index < -0.39 is 0 Å². The molecule has 0 atom stereocenters. The van der Waals surface area contributed by atoms with Gasteiger partial charge in [-0.1, -0.05) is 25.5 Å². The van der Waals surface area contributed by atoms with E-state index in [0.717, 1.165) is 47.8 Å². The Labute approximate surface area is 126 Å². The van der Waals surface area contributed by atoms with Crippen LogP contribution in [-0.2, 0) is 6.42 Å². The van der Waals surface area contributed by atoms with Crippen LogP contribution in [0.25, 0.3) is 11.3 Å². The molecule has 0 aliphatic carbocycles. The van der Waals surface area contributed by atoms with Crippen molar-refractivity contribution in [2.45, 2.75) is 33.6 Å². The van der Waals surface area contributed by atoms with Crippen molar-refractivity contribution in [2.24, 2.45) is 0 Å². The van der Waals surface area contributed by atoms with Gasteiger partial charge in [-0.05, 0) is 32.4 Å². The molecule has 2 aromatic rings. The Morgan fingerprint density at radius 2 is 1.90 bits per heavy atom. The number of hydrogen-bond donors (Lipinski definition) is 1. The van der Waals surface area contributed by atoms with E-state index in [-0.39, 0.29) is 0 Å². The summed E-state index contributed by atoms with van der Waals surface area (Å²) in [5.41, 5.74) is 3.16. The minimum Gasteiger partial charge on any atom is -0.493 e. The highest BCUT2D eigenvalue weighted by molar-refractivity contribution is 5.73. The highest BCUT2D eigenvalue weighted by Gasteiger charge is 2.15. The van der Waals surface area contributed by atoms with Crippen molar-refractivity contribution in [1.29, 1.82) is 0 Å². The molecule has 0 spiro atoms. The Morgan fingerprint density at radius 1 is 1.10 bits per heavy atom. The third kappa shape index (κ3) is 3.51. The van der Waals surface area contributed by atoms with Gasteiger partial charge in [0.1, 0.15) is 17.9 Å². The van der Waals surface area contributed by atoms with Crippen LogP contribution in [0.4, 0.5) is 5.82 Å². The standard InChI is InChI=1S/C17H23N3O/c1-4-9-14-16(19-12-20-17(14)18-5-2)13-10-7-8-11-15(13)21-6-3/h7-8,10-12H,4-6,9H2,1-3H3,(H,18,19,20). The van der Waals surface area contributed by atoms with Gasteiger partial charge < -0.3 is 10.1 Å². The first-order valence-electron chi connectivity index (χ1n) is 7.61.